The van der Waals surface area contributed by atoms with Gasteiger partial charge in [-0.1, -0.05) is 41.9 Å². The van der Waals surface area contributed by atoms with Gasteiger partial charge in [-0.15, -0.1) is 0 Å². The highest BCUT2D eigenvalue weighted by Crippen LogP contribution is 2.27. The molecular formula is C30H29ClN2O7. The summed E-state index contributed by atoms with van der Waals surface area (Å²) in [5.74, 6) is 0.639. The number of anilines is 1. The van der Waals surface area contributed by atoms with Crippen LogP contribution < -0.4 is 19.5 Å². The number of para-hydroxylation sites is 1. The molecule has 1 fully saturated rings. The van der Waals surface area contributed by atoms with Gasteiger partial charge in [-0.25, -0.2) is 4.79 Å². The Morgan fingerprint density at radius 2 is 1.77 bits per heavy atom. The van der Waals surface area contributed by atoms with Crippen LogP contribution >= 0.6 is 11.6 Å². The first-order chi connectivity index (χ1) is 19.3. The van der Waals surface area contributed by atoms with Gasteiger partial charge in [0, 0.05) is 56.2 Å². The smallest absolute Gasteiger partial charge is 0.407 e. The summed E-state index contributed by atoms with van der Waals surface area (Å²) >= 11 is 6.05. The molecule has 0 radical (unpaired) electrons. The number of carboxylic acid groups (broad SMARTS) is 1. The first kappa shape index (κ1) is 28.5. The number of esters is 1. The molecule has 1 heterocycles. The molecule has 208 valence electrons. The Bertz CT molecular complexity index is 1400. The topological polar surface area (TPSA) is 114 Å². The van der Waals surface area contributed by atoms with Gasteiger partial charge in [-0.05, 0) is 42.0 Å². The van der Waals surface area contributed by atoms with Crippen molar-refractivity contribution < 1.29 is 33.7 Å². The molecule has 40 heavy (non-hydrogen) atoms. The number of hydrogen-bond acceptors (Lipinski definition) is 6. The molecule has 4 rings (SSSR count). The highest BCUT2D eigenvalue weighted by molar-refractivity contribution is 6.32. The van der Waals surface area contributed by atoms with Crippen molar-refractivity contribution in [3.8, 4) is 17.2 Å². The van der Waals surface area contributed by atoms with Crippen molar-refractivity contribution in [2.24, 2.45) is 0 Å². The zero-order chi connectivity index (χ0) is 28.5. The summed E-state index contributed by atoms with van der Waals surface area (Å²) in [7, 11) is 0. The standard InChI is InChI=1S/C30H29ClN2O7/c1-20(34)39-28-17-21(9-11-26(28)31)10-12-29(35)32-27-8-3-2-5-22(27)19-38-24-6-4-7-25(18-24)40-23-13-15-33(16-14-23)30(36)37/h2-12,17-18,23H,13-16,19H2,1H3,(H,32,35)(H,36,37)/b12-10+. The van der Waals surface area contributed by atoms with Gasteiger partial charge in [0.2, 0.25) is 5.91 Å². The van der Waals surface area contributed by atoms with Crippen molar-refractivity contribution in [1.29, 1.82) is 0 Å². The average Bonchev–Trinajstić information content (AvgIpc) is 2.93. The fourth-order valence-electron chi connectivity index (χ4n) is 4.13. The Morgan fingerprint density at radius 1 is 1.02 bits per heavy atom. The fourth-order valence-corrected chi connectivity index (χ4v) is 4.28. The maximum Gasteiger partial charge on any atom is 0.407 e. The number of amides is 2. The summed E-state index contributed by atoms with van der Waals surface area (Å²) in [6.45, 7) is 2.39. The van der Waals surface area contributed by atoms with Crippen molar-refractivity contribution in [2.75, 3.05) is 18.4 Å². The summed E-state index contributed by atoms with van der Waals surface area (Å²) in [5, 5.41) is 12.3. The molecule has 3 aromatic rings. The van der Waals surface area contributed by atoms with Crippen molar-refractivity contribution >= 4 is 41.3 Å². The first-order valence-electron chi connectivity index (χ1n) is 12.7. The number of piperidine rings is 1. The number of nitrogens with zero attached hydrogens (tertiary/aromatic N) is 1. The molecule has 0 aliphatic carbocycles. The van der Waals surface area contributed by atoms with Crippen LogP contribution in [0.15, 0.2) is 72.8 Å². The molecule has 1 saturated heterocycles. The molecule has 2 amide bonds. The van der Waals surface area contributed by atoms with Crippen molar-refractivity contribution in [1.82, 2.24) is 4.90 Å². The molecule has 1 aliphatic rings. The van der Waals surface area contributed by atoms with E-state index in [0.717, 1.165) is 5.56 Å². The monoisotopic (exact) mass is 564 g/mol. The Morgan fingerprint density at radius 3 is 2.52 bits per heavy atom. The third-order valence-corrected chi connectivity index (χ3v) is 6.44. The van der Waals surface area contributed by atoms with Crippen LogP contribution in [-0.2, 0) is 16.2 Å². The minimum absolute atomic E-state index is 0.0593. The van der Waals surface area contributed by atoms with Gasteiger partial charge in [0.15, 0.2) is 0 Å². The van der Waals surface area contributed by atoms with Crippen LogP contribution in [0.3, 0.4) is 0 Å². The maximum atomic E-state index is 12.6. The van der Waals surface area contributed by atoms with E-state index in [4.69, 9.17) is 30.9 Å². The predicted octanol–water partition coefficient (Wildman–Crippen LogP) is 6.02. The minimum Gasteiger partial charge on any atom is -0.490 e. The predicted molar refractivity (Wildman–Crippen MR) is 151 cm³/mol. The SMILES string of the molecule is CC(=O)Oc1cc(/C=C/C(=O)Nc2ccccc2COc2cccc(OC3CCN(C(=O)O)CC3)c2)ccc1Cl. The zero-order valence-corrected chi connectivity index (χ0v) is 22.6. The zero-order valence-electron chi connectivity index (χ0n) is 21.8. The summed E-state index contributed by atoms with van der Waals surface area (Å²) in [5.41, 5.74) is 2.02. The lowest BCUT2D eigenvalue weighted by molar-refractivity contribution is -0.131. The Balaban J connectivity index is 1.33. The van der Waals surface area contributed by atoms with E-state index in [1.807, 2.05) is 36.4 Å². The van der Waals surface area contributed by atoms with Crippen LogP contribution in [0.2, 0.25) is 5.02 Å². The molecule has 3 aromatic carbocycles. The van der Waals surface area contributed by atoms with E-state index < -0.39 is 12.1 Å². The van der Waals surface area contributed by atoms with E-state index in [-0.39, 0.29) is 24.4 Å². The molecule has 0 saturated carbocycles. The minimum atomic E-state index is -0.905. The first-order valence-corrected chi connectivity index (χ1v) is 13.1. The third-order valence-electron chi connectivity index (χ3n) is 6.13. The highest BCUT2D eigenvalue weighted by Gasteiger charge is 2.23. The van der Waals surface area contributed by atoms with Crippen LogP contribution in [0.5, 0.6) is 17.2 Å². The van der Waals surface area contributed by atoms with Gasteiger partial charge in [-0.3, -0.25) is 9.59 Å². The van der Waals surface area contributed by atoms with Crippen LogP contribution in [0.1, 0.15) is 30.9 Å². The van der Waals surface area contributed by atoms with Gasteiger partial charge >= 0.3 is 12.1 Å². The number of ether oxygens (including phenoxy) is 3. The van der Waals surface area contributed by atoms with Crippen LogP contribution in [0.25, 0.3) is 6.08 Å². The van der Waals surface area contributed by atoms with Gasteiger partial charge in [0.25, 0.3) is 0 Å². The second-order valence-electron chi connectivity index (χ2n) is 9.11. The van der Waals surface area contributed by atoms with E-state index in [1.165, 1.54) is 17.9 Å². The lowest BCUT2D eigenvalue weighted by Crippen LogP contribution is -2.41. The number of carbonyl (C=O) groups is 3. The molecule has 0 spiro atoms. The maximum absolute atomic E-state index is 12.6. The quantitative estimate of drug-likeness (QED) is 0.186. The number of halogens is 1. The molecule has 0 bridgehead atoms. The Kier molecular flexibility index (Phi) is 9.64. The summed E-state index contributed by atoms with van der Waals surface area (Å²) < 4.78 is 17.1. The molecule has 0 aromatic heterocycles. The average molecular weight is 565 g/mol. The number of hydrogen-bond donors (Lipinski definition) is 2. The van der Waals surface area contributed by atoms with E-state index in [1.54, 1.807) is 36.4 Å². The van der Waals surface area contributed by atoms with Gasteiger partial charge in [-0.2, -0.15) is 0 Å². The lowest BCUT2D eigenvalue weighted by atomic mass is 10.1. The van der Waals surface area contributed by atoms with Crippen LogP contribution in [0.4, 0.5) is 10.5 Å². The number of likely N-dealkylation sites (tertiary alicyclic amines) is 1. The van der Waals surface area contributed by atoms with E-state index >= 15 is 0 Å². The number of nitrogens with one attached hydrogen (secondary N) is 1. The summed E-state index contributed by atoms with van der Waals surface area (Å²) in [4.78, 5) is 36.4. The summed E-state index contributed by atoms with van der Waals surface area (Å²) in [6.07, 6.45) is 3.26. The molecule has 10 heteroatoms. The molecule has 0 atom stereocenters. The second-order valence-corrected chi connectivity index (χ2v) is 9.52. The van der Waals surface area contributed by atoms with Crippen molar-refractivity contribution in [3.05, 3.63) is 89.0 Å². The molecular weight excluding hydrogens is 536 g/mol. The van der Waals surface area contributed by atoms with E-state index in [0.29, 0.717) is 53.7 Å². The normalized spacial score (nSPS) is 13.6. The Hall–Kier alpha value is -4.50. The molecule has 9 nitrogen and oxygen atoms in total. The largest absolute Gasteiger partial charge is 0.490 e. The lowest BCUT2D eigenvalue weighted by Gasteiger charge is -2.30. The van der Waals surface area contributed by atoms with Crippen molar-refractivity contribution in [3.63, 3.8) is 0 Å². The molecule has 1 aliphatic heterocycles. The summed E-state index contributed by atoms with van der Waals surface area (Å²) in [6, 6.07) is 19.5. The number of benzene rings is 3. The molecule has 2 N–H and O–H groups in total. The Labute approximate surface area is 236 Å². The van der Waals surface area contributed by atoms with Gasteiger partial charge in [0.1, 0.15) is 30.0 Å². The van der Waals surface area contributed by atoms with Crippen LogP contribution in [-0.4, -0.2) is 47.2 Å². The highest BCUT2D eigenvalue weighted by atomic mass is 35.5. The van der Waals surface area contributed by atoms with E-state index in [9.17, 15) is 14.4 Å². The number of carbonyl (C=O) groups excluding carboxylic acids is 2. The van der Waals surface area contributed by atoms with Gasteiger partial charge in [0.05, 0.1) is 5.02 Å². The molecule has 0 unspecified atom stereocenters. The van der Waals surface area contributed by atoms with E-state index in [2.05, 4.69) is 5.32 Å². The fraction of sp³-hybridized carbons (Fsp3) is 0.233. The van der Waals surface area contributed by atoms with Crippen molar-refractivity contribution in [2.45, 2.75) is 32.5 Å². The van der Waals surface area contributed by atoms with Gasteiger partial charge < -0.3 is 29.5 Å². The number of rotatable bonds is 9. The third kappa shape index (κ3) is 8.25. The second kappa shape index (κ2) is 13.5. The van der Waals surface area contributed by atoms with Crippen LogP contribution in [0, 0.1) is 0 Å².